The Bertz CT molecular complexity index is 674. The number of hydrogen-bond acceptors (Lipinski definition) is 5. The number of hydrogen-bond donors (Lipinski definition) is 2. The predicted octanol–water partition coefficient (Wildman–Crippen LogP) is 3.98. The van der Waals surface area contributed by atoms with Gasteiger partial charge in [0.1, 0.15) is 11.4 Å². The summed E-state index contributed by atoms with van der Waals surface area (Å²) >= 11 is 1.47. The molecule has 0 aliphatic carbocycles. The van der Waals surface area contributed by atoms with E-state index in [-0.39, 0.29) is 24.4 Å². The van der Waals surface area contributed by atoms with Crippen molar-refractivity contribution in [2.24, 2.45) is 11.7 Å². The number of nitrogens with zero attached hydrogens (tertiary/aromatic N) is 1. The molecule has 1 atom stereocenters. The Hall–Kier alpha value is -1.63. The first-order chi connectivity index (χ1) is 12.0. The van der Waals surface area contributed by atoms with Crippen LogP contribution in [0.2, 0.25) is 0 Å². The van der Waals surface area contributed by atoms with Gasteiger partial charge in [0.05, 0.1) is 17.7 Å². The highest BCUT2D eigenvalue weighted by Gasteiger charge is 2.14. The molecule has 0 saturated carbocycles. The third-order valence-corrected chi connectivity index (χ3v) is 4.74. The summed E-state index contributed by atoms with van der Waals surface area (Å²) in [5.41, 5.74) is 7.00. The van der Waals surface area contributed by atoms with Crippen LogP contribution in [0.4, 0.5) is 0 Å². The van der Waals surface area contributed by atoms with E-state index in [1.54, 1.807) is 5.38 Å². The van der Waals surface area contributed by atoms with Crippen LogP contribution in [-0.4, -0.2) is 24.0 Å². The standard InChI is InChI=1S/C19H27N3O2S.ClH/c1-13(2)9-11-24-16-6-4-15(5-7-16)14(3)21-19(23)17-12-25-18(22-17)8-10-20;/h4-7,12-14H,8-11,20H2,1-3H3,(H,21,23);1H. The second kappa shape index (κ2) is 11.2. The Labute approximate surface area is 165 Å². The number of halogens is 1. The summed E-state index contributed by atoms with van der Waals surface area (Å²) in [5, 5.41) is 5.65. The van der Waals surface area contributed by atoms with Crippen LogP contribution in [0.5, 0.6) is 5.75 Å². The molecule has 1 amide bonds. The lowest BCUT2D eigenvalue weighted by atomic mass is 10.1. The molecule has 2 aromatic rings. The van der Waals surface area contributed by atoms with Crippen molar-refractivity contribution >= 4 is 29.7 Å². The Balaban J connectivity index is 0.00000338. The van der Waals surface area contributed by atoms with Crippen LogP contribution in [0.25, 0.3) is 0 Å². The smallest absolute Gasteiger partial charge is 0.271 e. The lowest BCUT2D eigenvalue weighted by molar-refractivity contribution is 0.0935. The highest BCUT2D eigenvalue weighted by atomic mass is 35.5. The molecule has 0 bridgehead atoms. The molecule has 26 heavy (non-hydrogen) atoms. The number of thiazole rings is 1. The molecule has 7 heteroatoms. The van der Waals surface area contributed by atoms with Gasteiger partial charge in [-0.3, -0.25) is 4.79 Å². The Kier molecular flexibility index (Phi) is 9.62. The Morgan fingerprint density at radius 1 is 1.27 bits per heavy atom. The molecule has 5 nitrogen and oxygen atoms in total. The number of benzene rings is 1. The molecule has 0 spiro atoms. The molecule has 0 fully saturated rings. The van der Waals surface area contributed by atoms with Gasteiger partial charge in [0.15, 0.2) is 0 Å². The van der Waals surface area contributed by atoms with Gasteiger partial charge in [-0.05, 0) is 43.5 Å². The van der Waals surface area contributed by atoms with Crippen molar-refractivity contribution in [3.8, 4) is 5.75 Å². The Morgan fingerprint density at radius 2 is 1.96 bits per heavy atom. The van der Waals surface area contributed by atoms with E-state index in [4.69, 9.17) is 10.5 Å². The van der Waals surface area contributed by atoms with Crippen LogP contribution >= 0.6 is 23.7 Å². The second-order valence-corrected chi connectivity index (χ2v) is 7.40. The molecule has 1 aromatic carbocycles. The van der Waals surface area contributed by atoms with Crippen molar-refractivity contribution in [2.75, 3.05) is 13.2 Å². The molecule has 1 unspecified atom stereocenters. The normalized spacial score (nSPS) is 11.7. The number of aromatic nitrogens is 1. The first-order valence-corrected chi connectivity index (χ1v) is 9.55. The fourth-order valence-corrected chi connectivity index (χ4v) is 3.07. The van der Waals surface area contributed by atoms with Crippen LogP contribution in [0, 0.1) is 5.92 Å². The van der Waals surface area contributed by atoms with Gasteiger partial charge >= 0.3 is 0 Å². The van der Waals surface area contributed by atoms with Crippen molar-refractivity contribution in [1.29, 1.82) is 0 Å². The second-order valence-electron chi connectivity index (χ2n) is 6.46. The highest BCUT2D eigenvalue weighted by molar-refractivity contribution is 7.09. The summed E-state index contributed by atoms with van der Waals surface area (Å²) in [6.07, 6.45) is 1.74. The minimum atomic E-state index is -0.163. The lowest BCUT2D eigenvalue weighted by Crippen LogP contribution is -2.27. The summed E-state index contributed by atoms with van der Waals surface area (Å²) in [6.45, 7) is 7.57. The molecule has 2 rings (SSSR count). The highest BCUT2D eigenvalue weighted by Crippen LogP contribution is 2.19. The Morgan fingerprint density at radius 3 is 2.58 bits per heavy atom. The third-order valence-electron chi connectivity index (χ3n) is 3.83. The summed E-state index contributed by atoms with van der Waals surface area (Å²) in [6, 6.07) is 7.76. The quantitative estimate of drug-likeness (QED) is 0.670. The summed E-state index contributed by atoms with van der Waals surface area (Å²) in [4.78, 5) is 16.6. The summed E-state index contributed by atoms with van der Waals surface area (Å²) in [5.74, 6) is 1.32. The molecule has 0 saturated heterocycles. The molecule has 1 heterocycles. The molecule has 144 valence electrons. The van der Waals surface area contributed by atoms with Gasteiger partial charge in [-0.15, -0.1) is 23.7 Å². The number of carbonyl (C=O) groups is 1. The minimum Gasteiger partial charge on any atom is -0.494 e. The third kappa shape index (κ3) is 6.94. The van der Waals surface area contributed by atoms with Gasteiger partial charge < -0.3 is 15.8 Å². The predicted molar refractivity (Wildman–Crippen MR) is 109 cm³/mol. The maximum Gasteiger partial charge on any atom is 0.271 e. The van der Waals surface area contributed by atoms with E-state index in [9.17, 15) is 4.79 Å². The summed E-state index contributed by atoms with van der Waals surface area (Å²) < 4.78 is 5.72. The first kappa shape index (κ1) is 22.4. The van der Waals surface area contributed by atoms with Crippen LogP contribution in [0.1, 0.15) is 54.3 Å². The van der Waals surface area contributed by atoms with Gasteiger partial charge in [-0.2, -0.15) is 0 Å². The minimum absolute atomic E-state index is 0. The van der Waals surface area contributed by atoms with Crippen molar-refractivity contribution in [3.05, 3.63) is 45.9 Å². The SMILES string of the molecule is CC(C)CCOc1ccc(C(C)NC(=O)c2csc(CCN)n2)cc1.Cl. The molecule has 0 aliphatic rings. The molecule has 0 aliphatic heterocycles. The number of rotatable bonds is 9. The number of nitrogens with two attached hydrogens (primary N) is 1. The number of nitrogens with one attached hydrogen (secondary N) is 1. The van der Waals surface area contributed by atoms with Gasteiger partial charge in [-0.25, -0.2) is 4.98 Å². The van der Waals surface area contributed by atoms with E-state index in [0.29, 0.717) is 24.6 Å². The van der Waals surface area contributed by atoms with Gasteiger partial charge in [-0.1, -0.05) is 26.0 Å². The number of ether oxygens (including phenoxy) is 1. The maximum atomic E-state index is 12.3. The van der Waals surface area contributed by atoms with E-state index >= 15 is 0 Å². The summed E-state index contributed by atoms with van der Waals surface area (Å²) in [7, 11) is 0. The van der Waals surface area contributed by atoms with E-state index in [2.05, 4.69) is 24.1 Å². The topological polar surface area (TPSA) is 77.2 Å². The van der Waals surface area contributed by atoms with Crippen molar-refractivity contribution < 1.29 is 9.53 Å². The lowest BCUT2D eigenvalue weighted by Gasteiger charge is -2.14. The van der Waals surface area contributed by atoms with E-state index in [0.717, 1.165) is 29.3 Å². The molecular formula is C19H28ClN3O2S. The average Bonchev–Trinajstić information content (AvgIpc) is 3.04. The first-order valence-electron chi connectivity index (χ1n) is 8.67. The average molecular weight is 398 g/mol. The molecular weight excluding hydrogens is 370 g/mol. The largest absolute Gasteiger partial charge is 0.494 e. The van der Waals surface area contributed by atoms with Crippen LogP contribution in [0.15, 0.2) is 29.6 Å². The molecule has 1 aromatic heterocycles. The van der Waals surface area contributed by atoms with Crippen LogP contribution in [-0.2, 0) is 6.42 Å². The molecule has 0 radical (unpaired) electrons. The van der Waals surface area contributed by atoms with Gasteiger partial charge in [0.2, 0.25) is 0 Å². The molecule has 3 N–H and O–H groups in total. The van der Waals surface area contributed by atoms with E-state index in [1.807, 2.05) is 31.2 Å². The van der Waals surface area contributed by atoms with E-state index < -0.39 is 0 Å². The zero-order valence-electron chi connectivity index (χ0n) is 15.5. The fourth-order valence-electron chi connectivity index (χ4n) is 2.27. The monoisotopic (exact) mass is 397 g/mol. The van der Waals surface area contributed by atoms with Crippen molar-refractivity contribution in [1.82, 2.24) is 10.3 Å². The zero-order chi connectivity index (χ0) is 18.2. The van der Waals surface area contributed by atoms with Gasteiger partial charge in [0.25, 0.3) is 5.91 Å². The fraction of sp³-hybridized carbons (Fsp3) is 0.474. The zero-order valence-corrected chi connectivity index (χ0v) is 17.2. The number of carbonyl (C=O) groups excluding carboxylic acids is 1. The van der Waals surface area contributed by atoms with Crippen molar-refractivity contribution in [3.63, 3.8) is 0 Å². The van der Waals surface area contributed by atoms with E-state index in [1.165, 1.54) is 11.3 Å². The van der Waals surface area contributed by atoms with Crippen LogP contribution in [0.3, 0.4) is 0 Å². The van der Waals surface area contributed by atoms with Gasteiger partial charge in [0, 0.05) is 11.8 Å². The maximum absolute atomic E-state index is 12.3. The number of amides is 1. The van der Waals surface area contributed by atoms with Crippen molar-refractivity contribution in [2.45, 2.75) is 39.7 Å². The van der Waals surface area contributed by atoms with Crippen LogP contribution < -0.4 is 15.8 Å².